The number of fused-ring (bicyclic) bond motifs is 1. The average Bonchev–Trinajstić information content (AvgIpc) is 3.02. The number of thiazole rings is 1. The Bertz CT molecular complexity index is 774. The van der Waals surface area contributed by atoms with Crippen LogP contribution in [0.4, 0.5) is 0 Å². The summed E-state index contributed by atoms with van der Waals surface area (Å²) >= 11 is 1.54. The number of amides is 1. The van der Waals surface area contributed by atoms with Crippen molar-refractivity contribution < 1.29 is 4.79 Å². The molecule has 0 fully saturated rings. The molecule has 0 unspecified atom stereocenters. The van der Waals surface area contributed by atoms with Crippen molar-refractivity contribution in [3.8, 4) is 0 Å². The number of aryl methyl sites for hydroxylation is 1. The number of hydrogen-bond donors (Lipinski definition) is 1. The van der Waals surface area contributed by atoms with E-state index in [4.69, 9.17) is 0 Å². The molecular formula is C15H14N4OS. The van der Waals surface area contributed by atoms with E-state index in [9.17, 15) is 4.79 Å². The Kier molecular flexibility index (Phi) is 3.79. The van der Waals surface area contributed by atoms with Gasteiger partial charge in [0.1, 0.15) is 0 Å². The van der Waals surface area contributed by atoms with Crippen LogP contribution in [0.5, 0.6) is 0 Å². The molecule has 1 N–H and O–H groups in total. The van der Waals surface area contributed by atoms with Crippen LogP contribution in [0.1, 0.15) is 16.8 Å². The molecule has 5 nitrogen and oxygen atoms in total. The standard InChI is InChI=1S/C15H14N4OS/c1-11-4-2-3-5-12(11)9-16-18-14(20)8-13-10-19-6-7-21-15(19)17-13/h2-7,9-10H,8H2,1H3,(H,18,20)/b16-9-. The molecule has 0 saturated carbocycles. The van der Waals surface area contributed by atoms with Gasteiger partial charge in [-0.3, -0.25) is 9.20 Å². The summed E-state index contributed by atoms with van der Waals surface area (Å²) in [5.74, 6) is -0.175. The molecule has 21 heavy (non-hydrogen) atoms. The van der Waals surface area contributed by atoms with E-state index in [-0.39, 0.29) is 12.3 Å². The maximum absolute atomic E-state index is 11.8. The number of benzene rings is 1. The van der Waals surface area contributed by atoms with Crippen LogP contribution in [0.15, 0.2) is 47.1 Å². The highest BCUT2D eigenvalue weighted by Crippen LogP contribution is 2.11. The lowest BCUT2D eigenvalue weighted by Gasteiger charge is -1.99. The minimum absolute atomic E-state index is 0.175. The molecule has 2 aromatic heterocycles. The number of carbonyl (C=O) groups excluding carboxylic acids is 1. The Hall–Kier alpha value is -2.47. The molecule has 0 spiro atoms. The van der Waals surface area contributed by atoms with Gasteiger partial charge in [-0.15, -0.1) is 11.3 Å². The first-order valence-electron chi connectivity index (χ1n) is 6.51. The Morgan fingerprint density at radius 2 is 2.33 bits per heavy atom. The third-order valence-electron chi connectivity index (χ3n) is 3.07. The van der Waals surface area contributed by atoms with Gasteiger partial charge in [0.05, 0.1) is 18.3 Å². The molecule has 0 radical (unpaired) electrons. The van der Waals surface area contributed by atoms with E-state index < -0.39 is 0 Å². The van der Waals surface area contributed by atoms with Crippen LogP contribution < -0.4 is 5.43 Å². The summed E-state index contributed by atoms with van der Waals surface area (Å²) in [6, 6.07) is 7.86. The molecule has 0 saturated heterocycles. The van der Waals surface area contributed by atoms with E-state index in [0.29, 0.717) is 0 Å². The lowest BCUT2D eigenvalue weighted by atomic mass is 10.1. The molecule has 0 bridgehead atoms. The number of carbonyl (C=O) groups is 1. The Morgan fingerprint density at radius 1 is 1.48 bits per heavy atom. The van der Waals surface area contributed by atoms with Gasteiger partial charge < -0.3 is 0 Å². The van der Waals surface area contributed by atoms with E-state index in [1.54, 1.807) is 17.6 Å². The molecule has 0 aliphatic heterocycles. The fourth-order valence-electron chi connectivity index (χ4n) is 1.97. The van der Waals surface area contributed by atoms with Crippen molar-refractivity contribution in [3.63, 3.8) is 0 Å². The number of aromatic nitrogens is 2. The first kappa shape index (κ1) is 13.5. The fourth-order valence-corrected chi connectivity index (χ4v) is 2.69. The number of hydrazone groups is 1. The van der Waals surface area contributed by atoms with E-state index >= 15 is 0 Å². The van der Waals surface area contributed by atoms with Crippen molar-refractivity contribution in [2.75, 3.05) is 0 Å². The van der Waals surface area contributed by atoms with Crippen molar-refractivity contribution in [3.05, 3.63) is 58.9 Å². The van der Waals surface area contributed by atoms with Crippen LogP contribution in [0.2, 0.25) is 0 Å². The second kappa shape index (κ2) is 5.88. The zero-order valence-electron chi connectivity index (χ0n) is 11.5. The SMILES string of the molecule is Cc1ccccc1/C=N\NC(=O)Cc1cn2ccsc2n1. The highest BCUT2D eigenvalue weighted by molar-refractivity contribution is 7.15. The summed E-state index contributed by atoms with van der Waals surface area (Å²) in [5.41, 5.74) is 5.37. The molecule has 1 amide bonds. The molecule has 6 heteroatoms. The maximum Gasteiger partial charge on any atom is 0.246 e. The highest BCUT2D eigenvalue weighted by atomic mass is 32.1. The average molecular weight is 298 g/mol. The molecule has 106 valence electrons. The summed E-state index contributed by atoms with van der Waals surface area (Å²) < 4.78 is 1.91. The highest BCUT2D eigenvalue weighted by Gasteiger charge is 2.07. The molecule has 0 aliphatic carbocycles. The van der Waals surface area contributed by atoms with Crippen LogP contribution in [0.3, 0.4) is 0 Å². The van der Waals surface area contributed by atoms with Crippen molar-refractivity contribution in [2.45, 2.75) is 13.3 Å². The van der Waals surface area contributed by atoms with Gasteiger partial charge in [0.15, 0.2) is 4.96 Å². The summed E-state index contributed by atoms with van der Waals surface area (Å²) in [6.45, 7) is 2.00. The van der Waals surface area contributed by atoms with Gasteiger partial charge in [-0.2, -0.15) is 5.10 Å². The number of imidazole rings is 1. The van der Waals surface area contributed by atoms with Crippen molar-refractivity contribution in [2.24, 2.45) is 5.10 Å². The van der Waals surface area contributed by atoms with Gasteiger partial charge in [0, 0.05) is 17.8 Å². The largest absolute Gasteiger partial charge is 0.297 e. The molecule has 0 aliphatic rings. The van der Waals surface area contributed by atoms with Crippen LogP contribution in [-0.4, -0.2) is 21.5 Å². The molecule has 3 rings (SSSR count). The summed E-state index contributed by atoms with van der Waals surface area (Å²) in [5, 5.41) is 5.94. The predicted octanol–water partition coefficient (Wildman–Crippen LogP) is 2.40. The zero-order chi connectivity index (χ0) is 14.7. The minimum Gasteiger partial charge on any atom is -0.297 e. The van der Waals surface area contributed by atoms with Crippen molar-refractivity contribution in [1.29, 1.82) is 0 Å². The quantitative estimate of drug-likeness (QED) is 0.594. The van der Waals surface area contributed by atoms with E-state index in [2.05, 4.69) is 15.5 Å². The van der Waals surface area contributed by atoms with Gasteiger partial charge >= 0.3 is 0 Å². The number of nitrogens with one attached hydrogen (secondary N) is 1. The van der Waals surface area contributed by atoms with Crippen LogP contribution in [-0.2, 0) is 11.2 Å². The van der Waals surface area contributed by atoms with Gasteiger partial charge in [-0.25, -0.2) is 10.4 Å². The Balaban J connectivity index is 1.59. The summed E-state index contributed by atoms with van der Waals surface area (Å²) in [6.07, 6.45) is 5.65. The van der Waals surface area contributed by atoms with E-state index in [0.717, 1.165) is 21.8 Å². The first-order chi connectivity index (χ1) is 10.2. The van der Waals surface area contributed by atoms with E-state index in [1.807, 2.05) is 53.4 Å². The lowest BCUT2D eigenvalue weighted by Crippen LogP contribution is -2.20. The third-order valence-corrected chi connectivity index (χ3v) is 3.84. The fraction of sp³-hybridized carbons (Fsp3) is 0.133. The number of hydrogen-bond acceptors (Lipinski definition) is 4. The van der Waals surface area contributed by atoms with E-state index in [1.165, 1.54) is 0 Å². The van der Waals surface area contributed by atoms with Crippen LogP contribution in [0, 0.1) is 6.92 Å². The van der Waals surface area contributed by atoms with Crippen molar-refractivity contribution >= 4 is 28.4 Å². The summed E-state index contributed by atoms with van der Waals surface area (Å²) in [7, 11) is 0. The van der Waals surface area contributed by atoms with Gasteiger partial charge in [0.2, 0.25) is 5.91 Å². The topological polar surface area (TPSA) is 58.8 Å². The predicted molar refractivity (Wildman–Crippen MR) is 83.7 cm³/mol. The minimum atomic E-state index is -0.175. The molecular weight excluding hydrogens is 284 g/mol. The molecule has 2 heterocycles. The lowest BCUT2D eigenvalue weighted by molar-refractivity contribution is -0.120. The number of rotatable bonds is 4. The van der Waals surface area contributed by atoms with Crippen LogP contribution >= 0.6 is 11.3 Å². The number of nitrogens with zero attached hydrogens (tertiary/aromatic N) is 3. The Labute approximate surface area is 126 Å². The monoisotopic (exact) mass is 298 g/mol. The normalized spacial score (nSPS) is 11.3. The first-order valence-corrected chi connectivity index (χ1v) is 7.39. The van der Waals surface area contributed by atoms with Crippen LogP contribution in [0.25, 0.3) is 4.96 Å². The maximum atomic E-state index is 11.8. The third kappa shape index (κ3) is 3.17. The summed E-state index contributed by atoms with van der Waals surface area (Å²) in [4.78, 5) is 17.1. The van der Waals surface area contributed by atoms with Gasteiger partial charge in [-0.05, 0) is 18.1 Å². The molecule has 1 aromatic carbocycles. The molecule has 0 atom stereocenters. The second-order valence-corrected chi connectivity index (χ2v) is 5.52. The molecule has 3 aromatic rings. The smallest absolute Gasteiger partial charge is 0.246 e. The zero-order valence-corrected chi connectivity index (χ0v) is 12.3. The van der Waals surface area contributed by atoms with Crippen molar-refractivity contribution in [1.82, 2.24) is 14.8 Å². The Morgan fingerprint density at radius 3 is 3.14 bits per heavy atom. The van der Waals surface area contributed by atoms with Gasteiger partial charge in [0.25, 0.3) is 0 Å². The second-order valence-electron chi connectivity index (χ2n) is 4.65. The van der Waals surface area contributed by atoms with Gasteiger partial charge in [-0.1, -0.05) is 24.3 Å².